The third-order valence-electron chi connectivity index (χ3n) is 2.36. The van der Waals surface area contributed by atoms with Crippen molar-refractivity contribution in [3.05, 3.63) is 18.6 Å². The highest BCUT2D eigenvalue weighted by Crippen LogP contribution is 2.16. The van der Waals surface area contributed by atoms with Crippen molar-refractivity contribution >= 4 is 0 Å². The Bertz CT molecular complexity index is 138. The molecule has 0 N–H and O–H groups in total. The first-order chi connectivity index (χ1) is 6.02. The molecule has 0 aromatic heterocycles. The van der Waals surface area contributed by atoms with E-state index in [1.54, 1.807) is 0 Å². The molecule has 0 amide bonds. The minimum Gasteiger partial charge on any atom is -0.0853 e. The lowest BCUT2D eigenvalue weighted by Gasteiger charge is -2.11. The summed E-state index contributed by atoms with van der Waals surface area (Å²) in [5.74, 6) is 1.69. The molecule has 2 radical (unpaired) electrons. The highest BCUT2D eigenvalue weighted by molar-refractivity contribution is 5.00. The molecule has 1 atom stereocenters. The van der Waals surface area contributed by atoms with E-state index in [1.165, 1.54) is 19.3 Å². The topological polar surface area (TPSA) is 0 Å². The van der Waals surface area contributed by atoms with Crippen LogP contribution in [0.5, 0.6) is 0 Å². The van der Waals surface area contributed by atoms with Crippen LogP contribution in [0.3, 0.4) is 0 Å². The van der Waals surface area contributed by atoms with Gasteiger partial charge in [-0.1, -0.05) is 45.3 Å². The summed E-state index contributed by atoms with van der Waals surface area (Å²) in [6, 6.07) is 0. The van der Waals surface area contributed by atoms with Gasteiger partial charge in [0.2, 0.25) is 0 Å². The van der Waals surface area contributed by atoms with Gasteiger partial charge in [0, 0.05) is 0 Å². The van der Waals surface area contributed by atoms with E-state index < -0.39 is 0 Å². The van der Waals surface area contributed by atoms with Crippen molar-refractivity contribution < 1.29 is 0 Å². The predicted octanol–water partition coefficient (Wildman–Crippen LogP) is 4.50. The molecular formula is C13H24. The first kappa shape index (κ1) is 12.7. The third-order valence-corrected chi connectivity index (χ3v) is 2.36. The molecule has 0 saturated heterocycles. The number of hydrogen-bond donors (Lipinski definition) is 0. The Morgan fingerprint density at radius 3 is 2.23 bits per heavy atom. The fourth-order valence-electron chi connectivity index (χ4n) is 1.36. The normalized spacial score (nSPS) is 15.1. The minimum absolute atomic E-state index is 0.842. The Labute approximate surface area is 84.4 Å². The van der Waals surface area contributed by atoms with E-state index in [2.05, 4.69) is 26.8 Å². The predicted molar refractivity (Wildman–Crippen MR) is 60.5 cm³/mol. The van der Waals surface area contributed by atoms with Gasteiger partial charge in [0.25, 0.3) is 0 Å². The largest absolute Gasteiger partial charge is 0.0853 e. The molecule has 0 heteroatoms. The van der Waals surface area contributed by atoms with E-state index in [1.807, 2.05) is 6.92 Å². The van der Waals surface area contributed by atoms with Crippen molar-refractivity contribution in [2.24, 2.45) is 11.8 Å². The Hall–Kier alpha value is -0.260. The zero-order valence-electron chi connectivity index (χ0n) is 9.64. The van der Waals surface area contributed by atoms with E-state index in [4.69, 9.17) is 6.92 Å². The van der Waals surface area contributed by atoms with Crippen LogP contribution in [-0.2, 0) is 0 Å². The third kappa shape index (κ3) is 9.66. The zero-order valence-corrected chi connectivity index (χ0v) is 9.64. The van der Waals surface area contributed by atoms with Crippen molar-refractivity contribution in [2.75, 3.05) is 0 Å². The molecule has 0 nitrogen and oxygen atoms in total. The maximum Gasteiger partial charge on any atom is -0.00630 e. The van der Waals surface area contributed by atoms with Crippen LogP contribution in [0.2, 0.25) is 0 Å². The molecule has 0 aromatic carbocycles. The Kier molecular flexibility index (Phi) is 7.03. The monoisotopic (exact) mass is 180 g/mol. The van der Waals surface area contributed by atoms with Crippen LogP contribution in [0.15, 0.2) is 11.6 Å². The van der Waals surface area contributed by atoms with Crippen molar-refractivity contribution in [3.63, 3.8) is 0 Å². The van der Waals surface area contributed by atoms with Crippen molar-refractivity contribution in [1.82, 2.24) is 0 Å². The molecule has 0 heterocycles. The molecule has 0 saturated carbocycles. The molecule has 0 aliphatic carbocycles. The molecule has 76 valence electrons. The summed E-state index contributed by atoms with van der Waals surface area (Å²) in [6.45, 7) is 14.4. The van der Waals surface area contributed by atoms with Gasteiger partial charge in [-0.2, -0.15) is 0 Å². The van der Waals surface area contributed by atoms with Crippen LogP contribution < -0.4 is 0 Å². The van der Waals surface area contributed by atoms with E-state index in [9.17, 15) is 0 Å². The molecule has 1 unspecified atom stereocenters. The van der Waals surface area contributed by atoms with Crippen molar-refractivity contribution in [3.8, 4) is 0 Å². The second-order valence-electron chi connectivity index (χ2n) is 4.60. The Morgan fingerprint density at radius 1 is 1.15 bits per heavy atom. The maximum atomic E-state index is 5.56. The molecule has 0 bridgehead atoms. The molecule has 0 aliphatic heterocycles. The molecule has 0 rings (SSSR count). The smallest absolute Gasteiger partial charge is 0.00630 e. The van der Waals surface area contributed by atoms with Crippen LogP contribution in [0.1, 0.15) is 53.4 Å². The number of allylic oxidation sites excluding steroid dienone is 2. The summed E-state index contributed by atoms with van der Waals surface area (Å²) in [4.78, 5) is 0. The summed E-state index contributed by atoms with van der Waals surface area (Å²) in [7, 11) is 0. The van der Waals surface area contributed by atoms with Crippen LogP contribution in [0.25, 0.3) is 0 Å². The van der Waals surface area contributed by atoms with Gasteiger partial charge in [-0.15, -0.1) is 0 Å². The summed E-state index contributed by atoms with van der Waals surface area (Å²) in [5, 5.41) is 0. The minimum atomic E-state index is 0.842. The van der Waals surface area contributed by atoms with E-state index in [0.717, 1.165) is 23.8 Å². The first-order valence-corrected chi connectivity index (χ1v) is 5.44. The van der Waals surface area contributed by atoms with E-state index in [-0.39, 0.29) is 0 Å². The highest BCUT2D eigenvalue weighted by atomic mass is 14.1. The Balaban J connectivity index is 3.40. The molecular weight excluding hydrogens is 156 g/mol. The van der Waals surface area contributed by atoms with E-state index in [0.29, 0.717) is 0 Å². The summed E-state index contributed by atoms with van der Waals surface area (Å²) < 4.78 is 0. The van der Waals surface area contributed by atoms with Crippen LogP contribution in [0, 0.1) is 18.8 Å². The fraction of sp³-hybridized carbons (Fsp3) is 0.769. The zero-order chi connectivity index (χ0) is 10.3. The van der Waals surface area contributed by atoms with Gasteiger partial charge in [-0.05, 0) is 38.5 Å². The molecule has 0 aromatic rings. The van der Waals surface area contributed by atoms with Crippen LogP contribution in [-0.4, -0.2) is 0 Å². The summed E-state index contributed by atoms with van der Waals surface area (Å²) >= 11 is 0. The maximum absolute atomic E-state index is 5.56. The molecule has 13 heavy (non-hydrogen) atoms. The fourth-order valence-corrected chi connectivity index (χ4v) is 1.36. The van der Waals surface area contributed by atoms with Crippen LogP contribution >= 0.6 is 0 Å². The van der Waals surface area contributed by atoms with Gasteiger partial charge >= 0.3 is 0 Å². The molecule has 0 fully saturated rings. The van der Waals surface area contributed by atoms with Gasteiger partial charge in [0.1, 0.15) is 0 Å². The van der Waals surface area contributed by atoms with Gasteiger partial charge in [-0.3, -0.25) is 0 Å². The highest BCUT2D eigenvalue weighted by Gasteiger charge is 2.02. The standard InChI is InChI=1S/C13H24/c1-11(2)7-6-8-13(5)10-9-12(3)4/h1,7,12-13H,6,8-10H2,2-5H3/b11-7-. The number of rotatable bonds is 6. The Morgan fingerprint density at radius 2 is 1.77 bits per heavy atom. The van der Waals surface area contributed by atoms with Gasteiger partial charge in [0.15, 0.2) is 0 Å². The second kappa shape index (κ2) is 7.17. The lowest BCUT2D eigenvalue weighted by molar-refractivity contribution is 0.430. The second-order valence-corrected chi connectivity index (χ2v) is 4.60. The first-order valence-electron chi connectivity index (χ1n) is 5.44. The van der Waals surface area contributed by atoms with Gasteiger partial charge < -0.3 is 0 Å². The van der Waals surface area contributed by atoms with Crippen LogP contribution in [0.4, 0.5) is 0 Å². The molecule has 0 spiro atoms. The van der Waals surface area contributed by atoms with Crippen molar-refractivity contribution in [2.45, 2.75) is 53.4 Å². The SMILES string of the molecule is [CH]/C(C)=C/CCC(C)CCC(C)C. The van der Waals surface area contributed by atoms with Gasteiger partial charge in [-0.25, -0.2) is 0 Å². The average Bonchev–Trinajstić information content (AvgIpc) is 2.00. The lowest BCUT2D eigenvalue weighted by atomic mass is 9.95. The average molecular weight is 180 g/mol. The summed E-state index contributed by atoms with van der Waals surface area (Å²) in [5.41, 5.74) is 0.955. The van der Waals surface area contributed by atoms with E-state index >= 15 is 0 Å². The summed E-state index contributed by atoms with van der Waals surface area (Å²) in [6.07, 6.45) is 7.26. The van der Waals surface area contributed by atoms with Gasteiger partial charge in [0.05, 0.1) is 0 Å². The quantitative estimate of drug-likeness (QED) is 0.564. The number of hydrogen-bond acceptors (Lipinski definition) is 0. The molecule has 0 aliphatic rings. The lowest BCUT2D eigenvalue weighted by Crippen LogP contribution is -1.97. The van der Waals surface area contributed by atoms with Crippen molar-refractivity contribution in [1.29, 1.82) is 0 Å².